The Morgan fingerprint density at radius 1 is 1.23 bits per heavy atom. The van der Waals surface area contributed by atoms with Crippen LogP contribution in [0.15, 0.2) is 42.5 Å². The van der Waals surface area contributed by atoms with E-state index in [0.717, 1.165) is 18.2 Å². The van der Waals surface area contributed by atoms with Crippen LogP contribution in [0.4, 0.5) is 8.78 Å². The maximum Gasteiger partial charge on any atom is 0.270 e. The maximum absolute atomic E-state index is 13.5. The summed E-state index contributed by atoms with van der Waals surface area (Å²) in [6.07, 6.45) is 2.07. The predicted molar refractivity (Wildman–Crippen MR) is 113 cm³/mol. The van der Waals surface area contributed by atoms with E-state index in [1.165, 1.54) is 24.3 Å². The van der Waals surface area contributed by atoms with Crippen molar-refractivity contribution >= 4 is 28.4 Å². The van der Waals surface area contributed by atoms with E-state index in [1.54, 1.807) is 23.1 Å². The monoisotopic (exact) mass is 446 g/mol. The maximum atomic E-state index is 13.5. The fraction of sp³-hybridized carbons (Fsp3) is 0.348. The van der Waals surface area contributed by atoms with Crippen LogP contribution in [0.5, 0.6) is 5.75 Å². The fourth-order valence-corrected chi connectivity index (χ4v) is 4.73. The molecule has 3 aromatic rings. The van der Waals surface area contributed by atoms with Crippen LogP contribution >= 0.6 is 11.6 Å². The predicted octanol–water partition coefficient (Wildman–Crippen LogP) is 4.94. The molecule has 1 aromatic heterocycles. The Kier molecular flexibility index (Phi) is 5.10. The van der Waals surface area contributed by atoms with E-state index in [2.05, 4.69) is 4.98 Å². The number of amides is 1. The highest BCUT2D eigenvalue weighted by Gasteiger charge is 2.45. The van der Waals surface area contributed by atoms with Crippen LogP contribution in [0.25, 0.3) is 10.9 Å². The minimum Gasteiger partial charge on any atom is -0.488 e. The van der Waals surface area contributed by atoms with Gasteiger partial charge in [0.1, 0.15) is 29.2 Å². The number of H-pyrrole nitrogens is 1. The van der Waals surface area contributed by atoms with Crippen molar-refractivity contribution in [2.45, 2.75) is 31.0 Å². The number of nitrogens with zero attached hydrogens (tertiary/aromatic N) is 1. The molecule has 0 saturated carbocycles. The van der Waals surface area contributed by atoms with Gasteiger partial charge in [-0.1, -0.05) is 11.6 Å². The van der Waals surface area contributed by atoms with E-state index in [4.69, 9.17) is 21.1 Å². The minimum absolute atomic E-state index is 0.0128. The van der Waals surface area contributed by atoms with Gasteiger partial charge >= 0.3 is 0 Å². The van der Waals surface area contributed by atoms with E-state index in [1.807, 2.05) is 0 Å². The molecule has 31 heavy (non-hydrogen) atoms. The van der Waals surface area contributed by atoms with Crippen LogP contribution in [0, 0.1) is 11.6 Å². The van der Waals surface area contributed by atoms with E-state index >= 15 is 0 Å². The second kappa shape index (κ2) is 7.80. The number of ether oxygens (including phenoxy) is 2. The van der Waals surface area contributed by atoms with Crippen molar-refractivity contribution in [1.82, 2.24) is 9.88 Å². The lowest BCUT2D eigenvalue weighted by molar-refractivity contribution is -0.0454. The van der Waals surface area contributed by atoms with Crippen LogP contribution in [-0.4, -0.2) is 47.2 Å². The first-order valence-electron chi connectivity index (χ1n) is 10.2. The molecule has 5 nitrogen and oxygen atoms in total. The smallest absolute Gasteiger partial charge is 0.270 e. The van der Waals surface area contributed by atoms with Crippen molar-refractivity contribution in [3.05, 3.63) is 64.8 Å². The van der Waals surface area contributed by atoms with Crippen molar-refractivity contribution in [3.8, 4) is 5.75 Å². The van der Waals surface area contributed by atoms with E-state index in [9.17, 15) is 13.6 Å². The van der Waals surface area contributed by atoms with Gasteiger partial charge in [-0.3, -0.25) is 4.79 Å². The van der Waals surface area contributed by atoms with Crippen LogP contribution in [0.2, 0.25) is 5.02 Å². The third kappa shape index (κ3) is 4.00. The highest BCUT2D eigenvalue weighted by atomic mass is 35.5. The number of nitrogens with one attached hydrogen (secondary N) is 1. The number of rotatable bonds is 3. The zero-order valence-corrected chi connectivity index (χ0v) is 17.4. The molecule has 5 rings (SSSR count). The van der Waals surface area contributed by atoms with Gasteiger partial charge < -0.3 is 19.4 Å². The minimum atomic E-state index is -0.491. The summed E-state index contributed by atoms with van der Waals surface area (Å²) in [5.74, 6) is -0.479. The molecule has 2 aliphatic heterocycles. The summed E-state index contributed by atoms with van der Waals surface area (Å²) in [5.41, 5.74) is 0.559. The van der Waals surface area contributed by atoms with Crippen molar-refractivity contribution in [3.63, 3.8) is 0 Å². The van der Waals surface area contributed by atoms with Crippen molar-refractivity contribution in [2.75, 3.05) is 19.7 Å². The van der Waals surface area contributed by atoms with Gasteiger partial charge in [-0.25, -0.2) is 8.78 Å². The standard InChI is InChI=1S/C23H21ClF2N2O3/c24-18-10-16(4-5-19(18)26)31-17-11-23(30-12-17)6-1-7-28(13-23)22(29)21-8-14-2-3-15(25)9-20(14)27-21/h2-5,8-10,17,27H,1,6-7,11-13H2/t17-,23-/m1/s1. The zero-order valence-electron chi connectivity index (χ0n) is 16.7. The Morgan fingerprint density at radius 2 is 2.10 bits per heavy atom. The van der Waals surface area contributed by atoms with Gasteiger partial charge in [0.2, 0.25) is 0 Å². The number of likely N-dealkylation sites (tertiary alicyclic amines) is 1. The molecule has 2 aliphatic rings. The molecule has 8 heteroatoms. The zero-order chi connectivity index (χ0) is 21.6. The summed E-state index contributed by atoms with van der Waals surface area (Å²) >= 11 is 5.84. The second-order valence-corrected chi connectivity index (χ2v) is 8.67. The van der Waals surface area contributed by atoms with E-state index < -0.39 is 11.4 Å². The van der Waals surface area contributed by atoms with Crippen molar-refractivity contribution < 1.29 is 23.0 Å². The fourth-order valence-electron chi connectivity index (χ4n) is 4.56. The molecule has 0 aliphatic carbocycles. The average Bonchev–Trinajstić information content (AvgIpc) is 3.34. The number of fused-ring (bicyclic) bond motifs is 1. The molecule has 2 fully saturated rings. The average molecular weight is 447 g/mol. The quantitative estimate of drug-likeness (QED) is 0.620. The van der Waals surface area contributed by atoms with Gasteiger partial charge in [-0.15, -0.1) is 0 Å². The number of aromatic nitrogens is 1. The largest absolute Gasteiger partial charge is 0.488 e. The number of benzene rings is 2. The summed E-state index contributed by atoms with van der Waals surface area (Å²) in [7, 11) is 0. The first-order valence-corrected chi connectivity index (χ1v) is 10.6. The van der Waals surface area contributed by atoms with E-state index in [-0.39, 0.29) is 22.9 Å². The van der Waals surface area contributed by atoms with Crippen molar-refractivity contribution in [2.24, 2.45) is 0 Å². The lowest BCUT2D eigenvalue weighted by Crippen LogP contribution is -2.50. The summed E-state index contributed by atoms with van der Waals surface area (Å²) in [6, 6.07) is 10.4. The highest BCUT2D eigenvalue weighted by molar-refractivity contribution is 6.30. The Bertz CT molecular complexity index is 1150. The third-order valence-corrected chi connectivity index (χ3v) is 6.30. The first kappa shape index (κ1) is 20.3. The van der Waals surface area contributed by atoms with Crippen LogP contribution < -0.4 is 4.74 Å². The molecule has 162 valence electrons. The van der Waals surface area contributed by atoms with Gasteiger partial charge in [-0.2, -0.15) is 0 Å². The number of aromatic amines is 1. The lowest BCUT2D eigenvalue weighted by Gasteiger charge is -2.39. The third-order valence-electron chi connectivity index (χ3n) is 6.01. The molecule has 3 heterocycles. The normalized spacial score (nSPS) is 23.6. The SMILES string of the molecule is O=C(c1cc2ccc(F)cc2[nH]1)N1CCC[C@@]2(C[C@@H](Oc3ccc(F)c(Cl)c3)CO2)C1. The highest BCUT2D eigenvalue weighted by Crippen LogP contribution is 2.37. The Labute approximate surface area is 182 Å². The topological polar surface area (TPSA) is 54.6 Å². The molecule has 2 saturated heterocycles. The number of carbonyl (C=O) groups excluding carboxylic acids is 1. The Morgan fingerprint density at radius 3 is 2.94 bits per heavy atom. The molecule has 0 radical (unpaired) electrons. The van der Waals surface area contributed by atoms with Gasteiger partial charge in [0.15, 0.2) is 0 Å². The molecule has 0 unspecified atom stereocenters. The number of hydrogen-bond acceptors (Lipinski definition) is 3. The number of hydrogen-bond donors (Lipinski definition) is 1. The van der Waals surface area contributed by atoms with Gasteiger partial charge in [0, 0.05) is 29.9 Å². The molecular formula is C23H21ClF2N2O3. The van der Waals surface area contributed by atoms with Gasteiger partial charge in [0.05, 0.1) is 23.8 Å². The van der Waals surface area contributed by atoms with Crippen LogP contribution in [-0.2, 0) is 4.74 Å². The van der Waals surface area contributed by atoms with Gasteiger partial charge in [-0.05, 0) is 49.2 Å². The molecular weight excluding hydrogens is 426 g/mol. The molecule has 1 spiro atoms. The summed E-state index contributed by atoms with van der Waals surface area (Å²) < 4.78 is 38.9. The number of carbonyl (C=O) groups is 1. The second-order valence-electron chi connectivity index (χ2n) is 8.26. The van der Waals surface area contributed by atoms with Crippen LogP contribution in [0.1, 0.15) is 29.8 Å². The lowest BCUT2D eigenvalue weighted by atomic mass is 9.89. The Hall–Kier alpha value is -2.64. The summed E-state index contributed by atoms with van der Waals surface area (Å²) in [5, 5.41) is 0.804. The summed E-state index contributed by atoms with van der Waals surface area (Å²) in [6.45, 7) is 1.48. The molecule has 2 aromatic carbocycles. The van der Waals surface area contributed by atoms with Crippen LogP contribution in [0.3, 0.4) is 0 Å². The first-order chi connectivity index (χ1) is 14.9. The number of piperidine rings is 1. The number of halogens is 3. The molecule has 1 N–H and O–H groups in total. The summed E-state index contributed by atoms with van der Waals surface area (Å²) in [4.78, 5) is 17.9. The molecule has 2 atom stereocenters. The van der Waals surface area contributed by atoms with Crippen molar-refractivity contribution in [1.29, 1.82) is 0 Å². The Balaban J connectivity index is 1.28. The molecule has 0 bridgehead atoms. The molecule has 1 amide bonds. The van der Waals surface area contributed by atoms with Gasteiger partial charge in [0.25, 0.3) is 5.91 Å². The van der Waals surface area contributed by atoms with E-state index in [0.29, 0.717) is 43.1 Å².